The van der Waals surface area contributed by atoms with Gasteiger partial charge in [0.05, 0.1) is 0 Å². The van der Waals surface area contributed by atoms with Gasteiger partial charge >= 0.3 is 0 Å². The van der Waals surface area contributed by atoms with E-state index in [0.29, 0.717) is 11.7 Å². The highest BCUT2D eigenvalue weighted by molar-refractivity contribution is 5.92. The topological polar surface area (TPSA) is 36.4 Å². The summed E-state index contributed by atoms with van der Waals surface area (Å²) in [6, 6.07) is 6.42. The van der Waals surface area contributed by atoms with Crippen LogP contribution >= 0.6 is 0 Å². The smallest absolute Gasteiger partial charge is 0.272 e. The zero-order valence-corrected chi connectivity index (χ0v) is 14.5. The Hall–Kier alpha value is -1.58. The minimum atomic E-state index is 0.0902. The summed E-state index contributed by atoms with van der Waals surface area (Å²) in [6.45, 7) is 4.05. The normalized spacial score (nSPS) is 24.7. The Kier molecular flexibility index (Phi) is 5.19. The Balaban J connectivity index is 1.68. The minimum absolute atomic E-state index is 0.0902. The maximum absolute atomic E-state index is 12.5. The second-order valence-corrected chi connectivity index (χ2v) is 7.07. The van der Waals surface area contributed by atoms with Crippen molar-refractivity contribution in [2.75, 3.05) is 25.0 Å². The van der Waals surface area contributed by atoms with Crippen LogP contribution in [0.4, 0.5) is 5.82 Å². The molecule has 0 N–H and O–H groups in total. The molecule has 0 atom stereocenters. The molecule has 4 nitrogen and oxygen atoms in total. The summed E-state index contributed by atoms with van der Waals surface area (Å²) in [5, 5.41) is 0. The second-order valence-electron chi connectivity index (χ2n) is 7.07. The molecule has 4 heteroatoms. The van der Waals surface area contributed by atoms with E-state index in [1.165, 1.54) is 32.1 Å². The molecule has 0 bridgehead atoms. The molecule has 2 heterocycles. The summed E-state index contributed by atoms with van der Waals surface area (Å²) in [4.78, 5) is 21.4. The number of rotatable bonds is 4. The van der Waals surface area contributed by atoms with Gasteiger partial charge in [-0.1, -0.05) is 19.4 Å². The molecule has 2 aliphatic rings. The summed E-state index contributed by atoms with van der Waals surface area (Å²) < 4.78 is 0. The monoisotopic (exact) mass is 315 g/mol. The van der Waals surface area contributed by atoms with Crippen LogP contribution in [-0.4, -0.2) is 42.0 Å². The number of carbonyl (C=O) groups excluding carboxylic acids is 1. The van der Waals surface area contributed by atoms with Crippen molar-refractivity contribution in [2.45, 2.75) is 57.9 Å². The fourth-order valence-corrected chi connectivity index (χ4v) is 3.95. The molecule has 1 amide bonds. The van der Waals surface area contributed by atoms with Gasteiger partial charge in [-0.3, -0.25) is 4.79 Å². The van der Waals surface area contributed by atoms with E-state index < -0.39 is 0 Å². The van der Waals surface area contributed by atoms with Gasteiger partial charge in [-0.2, -0.15) is 0 Å². The summed E-state index contributed by atoms with van der Waals surface area (Å²) >= 11 is 0. The molecule has 23 heavy (non-hydrogen) atoms. The number of hydrogen-bond donors (Lipinski definition) is 0. The molecule has 2 fully saturated rings. The highest BCUT2D eigenvalue weighted by atomic mass is 16.2. The first-order valence-corrected chi connectivity index (χ1v) is 9.18. The number of aromatic nitrogens is 1. The van der Waals surface area contributed by atoms with E-state index in [-0.39, 0.29) is 5.91 Å². The highest BCUT2D eigenvalue weighted by Crippen LogP contribution is 2.30. The fourth-order valence-electron chi connectivity index (χ4n) is 3.95. The summed E-state index contributed by atoms with van der Waals surface area (Å²) in [6.07, 6.45) is 8.64. The number of hydrogen-bond acceptors (Lipinski definition) is 3. The lowest BCUT2D eigenvalue weighted by atomic mass is 9.84. The molecule has 0 radical (unpaired) electrons. The van der Waals surface area contributed by atoms with Crippen LogP contribution in [0.1, 0.15) is 62.4 Å². The van der Waals surface area contributed by atoms with E-state index in [1.807, 2.05) is 23.1 Å². The Morgan fingerprint density at radius 2 is 1.91 bits per heavy atom. The molecule has 0 unspecified atom stereocenters. The Morgan fingerprint density at radius 1 is 1.22 bits per heavy atom. The van der Waals surface area contributed by atoms with Crippen molar-refractivity contribution in [1.82, 2.24) is 9.88 Å². The van der Waals surface area contributed by atoms with Gasteiger partial charge in [0, 0.05) is 26.2 Å². The molecule has 1 aliphatic heterocycles. The molecule has 1 aromatic heterocycles. The van der Waals surface area contributed by atoms with Crippen molar-refractivity contribution >= 4 is 11.7 Å². The third-order valence-corrected chi connectivity index (χ3v) is 5.65. The van der Waals surface area contributed by atoms with Crippen LogP contribution in [0.15, 0.2) is 18.2 Å². The zero-order valence-electron chi connectivity index (χ0n) is 14.5. The van der Waals surface area contributed by atoms with Gasteiger partial charge < -0.3 is 9.80 Å². The lowest BCUT2D eigenvalue weighted by molar-refractivity contribution is 0.0787. The molecule has 1 saturated carbocycles. The number of amides is 1. The number of nitrogens with zero attached hydrogens (tertiary/aromatic N) is 3. The Bertz CT molecular complexity index is 531. The van der Waals surface area contributed by atoms with Crippen molar-refractivity contribution in [3.8, 4) is 0 Å². The molecule has 1 saturated heterocycles. The third kappa shape index (κ3) is 3.67. The predicted octanol–water partition coefficient (Wildman–Crippen LogP) is 3.72. The quantitative estimate of drug-likeness (QED) is 0.849. The van der Waals surface area contributed by atoms with Crippen LogP contribution in [0.2, 0.25) is 0 Å². The van der Waals surface area contributed by atoms with Crippen LogP contribution in [0, 0.1) is 5.92 Å². The van der Waals surface area contributed by atoms with Gasteiger partial charge in [0.1, 0.15) is 11.5 Å². The van der Waals surface area contributed by atoms with Gasteiger partial charge in [-0.15, -0.1) is 0 Å². The van der Waals surface area contributed by atoms with Gasteiger partial charge in [0.2, 0.25) is 0 Å². The molecule has 0 aromatic carbocycles. The SMILES string of the molecule is CCC1CCC(N(C)c2cccc(C(=O)N3CCCC3)n2)CC1. The number of anilines is 1. The Labute approximate surface area is 139 Å². The first kappa shape index (κ1) is 16.3. The van der Waals surface area contributed by atoms with Crippen molar-refractivity contribution in [3.05, 3.63) is 23.9 Å². The predicted molar refractivity (Wildman–Crippen MR) is 93.8 cm³/mol. The lowest BCUT2D eigenvalue weighted by Crippen LogP contribution is -2.36. The van der Waals surface area contributed by atoms with Gasteiger partial charge in [0.15, 0.2) is 0 Å². The van der Waals surface area contributed by atoms with Gasteiger partial charge in [-0.25, -0.2) is 4.98 Å². The molecule has 0 spiro atoms. The molecule has 1 aliphatic carbocycles. The van der Waals surface area contributed by atoms with Crippen LogP contribution in [-0.2, 0) is 0 Å². The molecular formula is C19H29N3O. The first-order valence-electron chi connectivity index (χ1n) is 9.18. The average Bonchev–Trinajstić information content (AvgIpc) is 3.15. The average molecular weight is 315 g/mol. The number of carbonyl (C=O) groups is 1. The van der Waals surface area contributed by atoms with Crippen molar-refractivity contribution in [1.29, 1.82) is 0 Å². The second kappa shape index (κ2) is 7.33. The van der Waals surface area contributed by atoms with Crippen molar-refractivity contribution < 1.29 is 4.79 Å². The van der Waals surface area contributed by atoms with Crippen LogP contribution in [0.25, 0.3) is 0 Å². The van der Waals surface area contributed by atoms with E-state index in [0.717, 1.165) is 37.7 Å². The Morgan fingerprint density at radius 3 is 2.57 bits per heavy atom. The summed E-state index contributed by atoms with van der Waals surface area (Å²) in [5.41, 5.74) is 0.596. The third-order valence-electron chi connectivity index (χ3n) is 5.65. The van der Waals surface area contributed by atoms with E-state index >= 15 is 0 Å². The number of likely N-dealkylation sites (tertiary alicyclic amines) is 1. The van der Waals surface area contributed by atoms with Crippen LogP contribution in [0.5, 0.6) is 0 Å². The fraction of sp³-hybridized carbons (Fsp3) is 0.684. The number of pyridine rings is 1. The first-order chi connectivity index (χ1) is 11.2. The maximum Gasteiger partial charge on any atom is 0.272 e. The van der Waals surface area contributed by atoms with Crippen molar-refractivity contribution in [3.63, 3.8) is 0 Å². The van der Waals surface area contributed by atoms with Gasteiger partial charge in [-0.05, 0) is 56.6 Å². The maximum atomic E-state index is 12.5. The van der Waals surface area contributed by atoms with Gasteiger partial charge in [0.25, 0.3) is 5.91 Å². The molecular weight excluding hydrogens is 286 g/mol. The van der Waals surface area contributed by atoms with E-state index in [1.54, 1.807) is 0 Å². The van der Waals surface area contributed by atoms with E-state index in [2.05, 4.69) is 23.9 Å². The lowest BCUT2D eigenvalue weighted by Gasteiger charge is -2.35. The largest absolute Gasteiger partial charge is 0.357 e. The summed E-state index contributed by atoms with van der Waals surface area (Å²) in [5.74, 6) is 1.93. The zero-order chi connectivity index (χ0) is 16.2. The standard InChI is InChI=1S/C19H29N3O/c1-3-15-9-11-16(12-10-15)21(2)18-8-6-7-17(20-18)19(23)22-13-4-5-14-22/h6-8,15-16H,3-5,9-14H2,1-2H3. The van der Waals surface area contributed by atoms with Crippen LogP contribution in [0.3, 0.4) is 0 Å². The van der Waals surface area contributed by atoms with E-state index in [4.69, 9.17) is 0 Å². The molecule has 3 rings (SSSR count). The summed E-state index contributed by atoms with van der Waals surface area (Å²) in [7, 11) is 2.13. The van der Waals surface area contributed by atoms with E-state index in [9.17, 15) is 4.79 Å². The minimum Gasteiger partial charge on any atom is -0.357 e. The van der Waals surface area contributed by atoms with Crippen LogP contribution < -0.4 is 4.90 Å². The molecule has 1 aromatic rings. The molecule has 126 valence electrons. The van der Waals surface area contributed by atoms with Crippen molar-refractivity contribution in [2.24, 2.45) is 5.92 Å². The highest BCUT2D eigenvalue weighted by Gasteiger charge is 2.25.